The first-order valence-electron chi connectivity index (χ1n) is 11.7. The molecule has 0 atom stereocenters. The number of carbonyl (C=O) groups is 2. The molecule has 4 rings (SSSR count). The van der Waals surface area contributed by atoms with Crippen molar-refractivity contribution in [3.8, 4) is 5.75 Å². The summed E-state index contributed by atoms with van der Waals surface area (Å²) >= 11 is 1.32. The SMILES string of the molecule is Cc1ccc(O)c(C)c1NC(=O)c1cnc(NCC2CCN(C(=O)CN3CCCC3)CC2)s1. The number of amides is 2. The molecule has 0 aliphatic carbocycles. The van der Waals surface area contributed by atoms with Crippen LogP contribution in [0.1, 0.15) is 46.5 Å². The Bertz CT molecular complexity index is 994. The molecular weight excluding hydrogens is 438 g/mol. The van der Waals surface area contributed by atoms with Crippen LogP contribution in [0.2, 0.25) is 0 Å². The Balaban J connectivity index is 1.23. The van der Waals surface area contributed by atoms with Gasteiger partial charge >= 0.3 is 0 Å². The van der Waals surface area contributed by atoms with Crippen molar-refractivity contribution in [3.05, 3.63) is 34.3 Å². The fourth-order valence-corrected chi connectivity index (χ4v) is 5.23. The van der Waals surface area contributed by atoms with Crippen molar-refractivity contribution in [2.75, 3.05) is 49.9 Å². The molecule has 0 unspecified atom stereocenters. The molecule has 1 aromatic heterocycles. The van der Waals surface area contributed by atoms with Gasteiger partial charge in [-0.2, -0.15) is 0 Å². The van der Waals surface area contributed by atoms with Crippen LogP contribution < -0.4 is 10.6 Å². The summed E-state index contributed by atoms with van der Waals surface area (Å²) in [6.07, 6.45) is 5.95. The van der Waals surface area contributed by atoms with E-state index in [1.807, 2.05) is 11.8 Å². The summed E-state index contributed by atoms with van der Waals surface area (Å²) in [5, 5.41) is 16.9. The van der Waals surface area contributed by atoms with Gasteiger partial charge < -0.3 is 20.6 Å². The molecular formula is C24H33N5O3S. The average Bonchev–Trinajstić information content (AvgIpc) is 3.50. The standard InChI is InChI=1S/C24H33N5O3S/c1-16-5-6-19(30)17(2)22(16)27-23(32)20-14-26-24(33-20)25-13-18-7-11-29(12-8-18)21(31)15-28-9-3-4-10-28/h5-6,14,18,30H,3-4,7-13,15H2,1-2H3,(H,25,26)(H,27,32). The van der Waals surface area contributed by atoms with Gasteiger partial charge in [0.05, 0.1) is 18.4 Å². The second kappa shape index (κ2) is 10.5. The molecule has 1 aromatic carbocycles. The highest BCUT2D eigenvalue weighted by Gasteiger charge is 2.25. The third kappa shape index (κ3) is 5.83. The predicted octanol–water partition coefficient (Wildman–Crippen LogP) is 3.46. The third-order valence-corrected chi connectivity index (χ3v) is 7.63. The van der Waals surface area contributed by atoms with E-state index in [0.717, 1.165) is 56.3 Å². The van der Waals surface area contributed by atoms with Crippen molar-refractivity contribution in [1.29, 1.82) is 0 Å². The lowest BCUT2D eigenvalue weighted by atomic mass is 9.97. The number of piperidine rings is 1. The van der Waals surface area contributed by atoms with E-state index in [1.165, 1.54) is 24.2 Å². The fraction of sp³-hybridized carbons (Fsp3) is 0.542. The molecule has 33 heavy (non-hydrogen) atoms. The number of anilines is 2. The normalized spacial score (nSPS) is 17.3. The minimum Gasteiger partial charge on any atom is -0.508 e. The van der Waals surface area contributed by atoms with Crippen molar-refractivity contribution in [2.45, 2.75) is 39.5 Å². The summed E-state index contributed by atoms with van der Waals surface area (Å²) in [5.41, 5.74) is 2.18. The third-order valence-electron chi connectivity index (χ3n) is 6.68. The van der Waals surface area contributed by atoms with Crippen molar-refractivity contribution >= 4 is 34.0 Å². The quantitative estimate of drug-likeness (QED) is 0.572. The summed E-state index contributed by atoms with van der Waals surface area (Å²) in [6, 6.07) is 3.41. The number of nitrogens with one attached hydrogen (secondary N) is 2. The second-order valence-corrected chi connectivity index (χ2v) is 10.1. The van der Waals surface area contributed by atoms with Gasteiger partial charge in [-0.1, -0.05) is 17.4 Å². The van der Waals surface area contributed by atoms with Gasteiger partial charge in [0.1, 0.15) is 10.6 Å². The molecule has 3 N–H and O–H groups in total. The van der Waals surface area contributed by atoms with Crippen LogP contribution in [-0.4, -0.2) is 71.0 Å². The zero-order valence-electron chi connectivity index (χ0n) is 19.4. The maximum Gasteiger partial charge on any atom is 0.267 e. The van der Waals surface area contributed by atoms with Gasteiger partial charge in [-0.25, -0.2) is 4.98 Å². The minimum atomic E-state index is -0.234. The number of hydrogen-bond donors (Lipinski definition) is 3. The van der Waals surface area contributed by atoms with Crippen LogP contribution in [-0.2, 0) is 4.79 Å². The van der Waals surface area contributed by atoms with Gasteiger partial charge in [0.15, 0.2) is 5.13 Å². The zero-order valence-corrected chi connectivity index (χ0v) is 20.2. The maximum atomic E-state index is 12.7. The van der Waals surface area contributed by atoms with E-state index in [4.69, 9.17) is 0 Å². The highest BCUT2D eigenvalue weighted by molar-refractivity contribution is 7.17. The molecule has 0 bridgehead atoms. The van der Waals surface area contributed by atoms with Gasteiger partial charge in [0.2, 0.25) is 5.91 Å². The number of phenolic OH excluding ortho intramolecular Hbond substituents is 1. The number of aromatic hydroxyl groups is 1. The Morgan fingerprint density at radius 2 is 1.88 bits per heavy atom. The van der Waals surface area contributed by atoms with E-state index in [9.17, 15) is 14.7 Å². The summed E-state index contributed by atoms with van der Waals surface area (Å²) in [5.74, 6) is 0.671. The summed E-state index contributed by atoms with van der Waals surface area (Å²) in [7, 11) is 0. The van der Waals surface area contributed by atoms with Crippen LogP contribution in [0.4, 0.5) is 10.8 Å². The van der Waals surface area contributed by atoms with Gasteiger partial charge in [-0.15, -0.1) is 0 Å². The van der Waals surface area contributed by atoms with E-state index in [0.29, 0.717) is 28.6 Å². The number of nitrogens with zero attached hydrogens (tertiary/aromatic N) is 3. The van der Waals surface area contributed by atoms with Crippen LogP contribution in [0.3, 0.4) is 0 Å². The molecule has 0 spiro atoms. The first kappa shape index (κ1) is 23.5. The Morgan fingerprint density at radius 1 is 1.15 bits per heavy atom. The molecule has 2 amide bonds. The van der Waals surface area contributed by atoms with Crippen LogP contribution in [0.25, 0.3) is 0 Å². The number of thiazole rings is 1. The van der Waals surface area contributed by atoms with Crippen molar-refractivity contribution in [3.63, 3.8) is 0 Å². The van der Waals surface area contributed by atoms with Crippen molar-refractivity contribution < 1.29 is 14.7 Å². The maximum absolute atomic E-state index is 12.7. The van der Waals surface area contributed by atoms with E-state index < -0.39 is 0 Å². The van der Waals surface area contributed by atoms with Crippen LogP contribution >= 0.6 is 11.3 Å². The van der Waals surface area contributed by atoms with Gasteiger partial charge in [0.25, 0.3) is 5.91 Å². The second-order valence-electron chi connectivity index (χ2n) is 9.07. The molecule has 9 heteroatoms. The summed E-state index contributed by atoms with van der Waals surface area (Å²) < 4.78 is 0. The number of aromatic nitrogens is 1. The Morgan fingerprint density at radius 3 is 2.61 bits per heavy atom. The van der Waals surface area contributed by atoms with E-state index >= 15 is 0 Å². The van der Waals surface area contributed by atoms with Crippen LogP contribution in [0, 0.1) is 19.8 Å². The van der Waals surface area contributed by atoms with Gasteiger partial charge in [-0.3, -0.25) is 14.5 Å². The monoisotopic (exact) mass is 471 g/mol. The molecule has 2 fully saturated rings. The molecule has 2 aromatic rings. The lowest BCUT2D eigenvalue weighted by molar-refractivity contribution is -0.133. The number of phenols is 1. The minimum absolute atomic E-state index is 0.159. The molecule has 2 aliphatic heterocycles. The lowest BCUT2D eigenvalue weighted by Crippen LogP contribution is -2.44. The highest BCUT2D eigenvalue weighted by Crippen LogP contribution is 2.29. The van der Waals surface area contributed by atoms with E-state index in [-0.39, 0.29) is 17.6 Å². The van der Waals surface area contributed by atoms with Gasteiger partial charge in [-0.05, 0) is 70.2 Å². The van der Waals surface area contributed by atoms with Crippen LogP contribution in [0.15, 0.2) is 18.3 Å². The zero-order chi connectivity index (χ0) is 23.4. The smallest absolute Gasteiger partial charge is 0.267 e. The Kier molecular flexibility index (Phi) is 7.49. The van der Waals surface area contributed by atoms with Crippen molar-refractivity contribution in [1.82, 2.24) is 14.8 Å². The average molecular weight is 472 g/mol. The molecule has 3 heterocycles. The molecule has 2 saturated heterocycles. The number of carbonyl (C=O) groups excluding carboxylic acids is 2. The largest absolute Gasteiger partial charge is 0.508 e. The molecule has 178 valence electrons. The Hall–Kier alpha value is -2.65. The van der Waals surface area contributed by atoms with Crippen LogP contribution in [0.5, 0.6) is 5.75 Å². The topological polar surface area (TPSA) is 97.8 Å². The number of likely N-dealkylation sites (tertiary alicyclic amines) is 2. The molecule has 8 nitrogen and oxygen atoms in total. The highest BCUT2D eigenvalue weighted by atomic mass is 32.1. The summed E-state index contributed by atoms with van der Waals surface area (Å²) in [4.78, 5) is 34.3. The number of rotatable bonds is 7. The number of aryl methyl sites for hydroxylation is 1. The van der Waals surface area contributed by atoms with Gasteiger partial charge in [0, 0.05) is 25.2 Å². The first-order valence-corrected chi connectivity index (χ1v) is 12.5. The molecule has 0 radical (unpaired) electrons. The first-order chi connectivity index (χ1) is 15.9. The Labute approximate surface area is 199 Å². The number of hydrogen-bond acceptors (Lipinski definition) is 7. The molecule has 2 aliphatic rings. The van der Waals surface area contributed by atoms with Crippen molar-refractivity contribution in [2.24, 2.45) is 5.92 Å². The van der Waals surface area contributed by atoms with E-state index in [1.54, 1.807) is 25.3 Å². The fourth-order valence-electron chi connectivity index (χ4n) is 4.51. The lowest BCUT2D eigenvalue weighted by Gasteiger charge is -2.33. The number of benzene rings is 1. The molecule has 0 saturated carbocycles. The predicted molar refractivity (Wildman–Crippen MR) is 131 cm³/mol. The summed E-state index contributed by atoms with van der Waals surface area (Å²) in [6.45, 7) is 8.75. The van der Waals surface area contributed by atoms with E-state index in [2.05, 4.69) is 20.5 Å².